The first kappa shape index (κ1) is 32.2. The van der Waals surface area contributed by atoms with Gasteiger partial charge in [0.15, 0.2) is 5.82 Å². The number of benzene rings is 7. The van der Waals surface area contributed by atoms with E-state index in [1.165, 1.54) is 53.2 Å². The molecule has 0 aliphatic heterocycles. The van der Waals surface area contributed by atoms with Crippen molar-refractivity contribution in [3.8, 4) is 62.0 Å². The monoisotopic (exact) mass is 732 g/mol. The van der Waals surface area contributed by atoms with Crippen LogP contribution in [0.1, 0.15) is 0 Å². The lowest BCUT2D eigenvalue weighted by Crippen LogP contribution is -2.03. The Bertz CT molecular complexity index is 3150. The lowest BCUT2D eigenvalue weighted by Gasteiger charge is -2.14. The standard InChI is InChI=1S/C51H32N4S/c1-5-15-33(16-6-1)37-24-26-45-42(30-37)48-49(55(45)47-32-44(35-19-9-3-10-20-35)53-51(54-47)36-21-11-4-12-22-36)41(43-23-13-14-28-52-43)31-40-39-29-38(34-17-7-2-8-18-34)25-27-46(39)56-50(40)48/h1-32H. The van der Waals surface area contributed by atoms with E-state index in [1.54, 1.807) is 0 Å². The Kier molecular flexibility index (Phi) is 7.64. The molecule has 4 nitrogen and oxygen atoms in total. The summed E-state index contributed by atoms with van der Waals surface area (Å²) in [7, 11) is 0. The van der Waals surface area contributed by atoms with Crippen LogP contribution in [0.25, 0.3) is 104 Å². The predicted octanol–water partition coefficient (Wildman–Crippen LogP) is 13.7. The Morgan fingerprint density at radius 3 is 1.70 bits per heavy atom. The molecule has 11 aromatic rings. The second-order valence-corrected chi connectivity index (χ2v) is 15.1. The van der Waals surface area contributed by atoms with Gasteiger partial charge in [0.2, 0.25) is 0 Å². The van der Waals surface area contributed by atoms with E-state index >= 15 is 0 Å². The summed E-state index contributed by atoms with van der Waals surface area (Å²) in [6.45, 7) is 0. The zero-order valence-corrected chi connectivity index (χ0v) is 31.0. The van der Waals surface area contributed by atoms with Crippen molar-refractivity contribution in [2.75, 3.05) is 0 Å². The molecule has 0 aliphatic rings. The molecule has 0 radical (unpaired) electrons. The first-order valence-corrected chi connectivity index (χ1v) is 19.6. The van der Waals surface area contributed by atoms with E-state index in [0.29, 0.717) is 5.82 Å². The second kappa shape index (κ2) is 13.3. The summed E-state index contributed by atoms with van der Waals surface area (Å²) >= 11 is 1.86. The van der Waals surface area contributed by atoms with E-state index in [2.05, 4.69) is 162 Å². The van der Waals surface area contributed by atoms with E-state index in [-0.39, 0.29) is 0 Å². The van der Waals surface area contributed by atoms with Gasteiger partial charge in [0.1, 0.15) is 5.82 Å². The number of thiophene rings is 1. The van der Waals surface area contributed by atoms with Crippen molar-refractivity contribution < 1.29 is 0 Å². The van der Waals surface area contributed by atoms with E-state index in [0.717, 1.165) is 44.9 Å². The smallest absolute Gasteiger partial charge is 0.162 e. The molecule has 262 valence electrons. The van der Waals surface area contributed by atoms with Gasteiger partial charge in [-0.1, -0.05) is 140 Å². The fourth-order valence-electron chi connectivity index (χ4n) is 8.03. The van der Waals surface area contributed by atoms with E-state index in [4.69, 9.17) is 15.0 Å². The van der Waals surface area contributed by atoms with E-state index in [1.807, 2.05) is 47.9 Å². The molecule has 5 heteroatoms. The third-order valence-corrected chi connectivity index (χ3v) is 11.9. The molecule has 0 bridgehead atoms. The Morgan fingerprint density at radius 2 is 1.04 bits per heavy atom. The number of rotatable bonds is 6. The zero-order valence-electron chi connectivity index (χ0n) is 30.2. The minimum absolute atomic E-state index is 0.675. The summed E-state index contributed by atoms with van der Waals surface area (Å²) < 4.78 is 4.84. The lowest BCUT2D eigenvalue weighted by molar-refractivity contribution is 1.05. The van der Waals surface area contributed by atoms with Gasteiger partial charge in [-0.15, -0.1) is 11.3 Å². The molecular formula is C51H32N4S. The Morgan fingerprint density at radius 1 is 0.429 bits per heavy atom. The van der Waals surface area contributed by atoms with Crippen molar-refractivity contribution in [3.63, 3.8) is 0 Å². The quantitative estimate of drug-likeness (QED) is 0.171. The topological polar surface area (TPSA) is 43.6 Å². The van der Waals surface area contributed by atoms with Gasteiger partial charge in [0.05, 0.1) is 22.4 Å². The van der Waals surface area contributed by atoms with Gasteiger partial charge in [-0.2, -0.15) is 0 Å². The molecule has 0 saturated carbocycles. The van der Waals surface area contributed by atoms with Crippen LogP contribution in [0.3, 0.4) is 0 Å². The molecule has 4 heterocycles. The summed E-state index contributed by atoms with van der Waals surface area (Å²) in [5, 5.41) is 4.82. The Balaban J connectivity index is 1.30. The largest absolute Gasteiger partial charge is 0.293 e. The number of aromatic nitrogens is 4. The Hall–Kier alpha value is -7.21. The van der Waals surface area contributed by atoms with Crippen LogP contribution in [-0.2, 0) is 0 Å². The van der Waals surface area contributed by atoms with Crippen LogP contribution in [0.4, 0.5) is 0 Å². The highest BCUT2D eigenvalue weighted by molar-refractivity contribution is 7.26. The highest BCUT2D eigenvalue weighted by Gasteiger charge is 2.24. The van der Waals surface area contributed by atoms with Gasteiger partial charge in [0, 0.05) is 59.9 Å². The zero-order chi connectivity index (χ0) is 37.0. The lowest BCUT2D eigenvalue weighted by atomic mass is 9.98. The van der Waals surface area contributed by atoms with Gasteiger partial charge in [0.25, 0.3) is 0 Å². The number of pyridine rings is 1. The molecule has 0 atom stereocenters. The number of nitrogens with zero attached hydrogens (tertiary/aromatic N) is 4. The van der Waals surface area contributed by atoms with Crippen molar-refractivity contribution in [2.45, 2.75) is 0 Å². The Labute approximate surface area is 327 Å². The number of hydrogen-bond acceptors (Lipinski definition) is 4. The van der Waals surface area contributed by atoms with Crippen molar-refractivity contribution in [1.29, 1.82) is 0 Å². The molecule has 0 fully saturated rings. The van der Waals surface area contributed by atoms with E-state index in [9.17, 15) is 0 Å². The first-order chi connectivity index (χ1) is 27.8. The number of fused-ring (bicyclic) bond motifs is 7. The summed E-state index contributed by atoms with van der Waals surface area (Å²) in [5.41, 5.74) is 11.7. The summed E-state index contributed by atoms with van der Waals surface area (Å²) in [6.07, 6.45) is 1.89. The van der Waals surface area contributed by atoms with Crippen molar-refractivity contribution in [3.05, 3.63) is 194 Å². The van der Waals surface area contributed by atoms with Crippen LogP contribution in [0.5, 0.6) is 0 Å². The van der Waals surface area contributed by atoms with Gasteiger partial charge in [-0.05, 0) is 64.7 Å². The molecule has 0 N–H and O–H groups in total. The minimum atomic E-state index is 0.675. The summed E-state index contributed by atoms with van der Waals surface area (Å²) in [5.74, 6) is 1.47. The van der Waals surface area contributed by atoms with Crippen molar-refractivity contribution in [1.82, 2.24) is 19.5 Å². The molecule has 0 spiro atoms. The van der Waals surface area contributed by atoms with Gasteiger partial charge < -0.3 is 0 Å². The van der Waals surface area contributed by atoms with Crippen molar-refractivity contribution >= 4 is 53.3 Å². The highest BCUT2D eigenvalue weighted by Crippen LogP contribution is 2.48. The molecule has 0 unspecified atom stereocenters. The molecule has 11 rings (SSSR count). The maximum absolute atomic E-state index is 5.39. The van der Waals surface area contributed by atoms with E-state index < -0.39 is 0 Å². The third kappa shape index (κ3) is 5.40. The molecular weight excluding hydrogens is 701 g/mol. The molecule has 7 aromatic carbocycles. The van der Waals surface area contributed by atoms with Crippen LogP contribution in [0.2, 0.25) is 0 Å². The van der Waals surface area contributed by atoms with Gasteiger partial charge in [-0.3, -0.25) is 9.55 Å². The minimum Gasteiger partial charge on any atom is -0.293 e. The maximum Gasteiger partial charge on any atom is 0.162 e. The van der Waals surface area contributed by atoms with Crippen LogP contribution >= 0.6 is 11.3 Å². The SMILES string of the molecule is c1ccc(-c2ccc3sc4c(cc(-c5ccccn5)c5c4c4cc(-c6ccccc6)ccc4n5-c4cc(-c5ccccc5)nc(-c5ccccc5)n4)c3c2)cc1. The highest BCUT2D eigenvalue weighted by atomic mass is 32.1. The summed E-state index contributed by atoms with van der Waals surface area (Å²) in [6, 6.07) is 66.4. The third-order valence-electron chi connectivity index (χ3n) is 10.7. The van der Waals surface area contributed by atoms with Crippen molar-refractivity contribution in [2.24, 2.45) is 0 Å². The van der Waals surface area contributed by atoms with Crippen LogP contribution in [-0.4, -0.2) is 19.5 Å². The molecule has 0 aliphatic carbocycles. The van der Waals surface area contributed by atoms with Gasteiger partial charge >= 0.3 is 0 Å². The average molecular weight is 733 g/mol. The van der Waals surface area contributed by atoms with Crippen LogP contribution in [0.15, 0.2) is 194 Å². The molecule has 0 amide bonds. The predicted molar refractivity (Wildman–Crippen MR) is 234 cm³/mol. The maximum atomic E-state index is 5.39. The van der Waals surface area contributed by atoms with Gasteiger partial charge in [-0.25, -0.2) is 9.97 Å². The normalized spacial score (nSPS) is 11.6. The fraction of sp³-hybridized carbons (Fsp3) is 0. The first-order valence-electron chi connectivity index (χ1n) is 18.8. The molecule has 56 heavy (non-hydrogen) atoms. The molecule has 4 aromatic heterocycles. The average Bonchev–Trinajstić information content (AvgIpc) is 3.82. The number of hydrogen-bond donors (Lipinski definition) is 0. The summed E-state index contributed by atoms with van der Waals surface area (Å²) in [4.78, 5) is 15.5. The molecule has 0 saturated heterocycles. The van der Waals surface area contributed by atoms with Crippen LogP contribution in [0, 0.1) is 0 Å². The second-order valence-electron chi connectivity index (χ2n) is 14.0. The van der Waals surface area contributed by atoms with Crippen LogP contribution < -0.4 is 0 Å². The fourth-order valence-corrected chi connectivity index (χ4v) is 9.25.